The largest absolute Gasteiger partial charge is 0.328 e. The lowest BCUT2D eigenvalue weighted by Crippen LogP contribution is -2.17. The Morgan fingerprint density at radius 3 is 2.65 bits per heavy atom. The van der Waals surface area contributed by atoms with Crippen molar-refractivity contribution in [3.63, 3.8) is 0 Å². The van der Waals surface area contributed by atoms with Crippen molar-refractivity contribution < 1.29 is 0 Å². The summed E-state index contributed by atoms with van der Waals surface area (Å²) in [7, 11) is 0. The Morgan fingerprint density at radius 2 is 2.12 bits per heavy atom. The van der Waals surface area contributed by atoms with Crippen molar-refractivity contribution in [3.05, 3.63) is 47.5 Å². The molecular formula is C14H19N3. The van der Waals surface area contributed by atoms with Crippen LogP contribution in [0, 0.1) is 13.8 Å². The second kappa shape index (κ2) is 4.72. The number of nitrogens with zero attached hydrogens (tertiary/aromatic N) is 2. The molecule has 1 unspecified atom stereocenters. The average molecular weight is 229 g/mol. The maximum Gasteiger partial charge on any atom is 0.110 e. The Labute approximate surface area is 102 Å². The predicted molar refractivity (Wildman–Crippen MR) is 70.4 cm³/mol. The van der Waals surface area contributed by atoms with Crippen LogP contribution in [0.15, 0.2) is 30.6 Å². The van der Waals surface area contributed by atoms with Crippen LogP contribution in [0.3, 0.4) is 0 Å². The molecule has 0 amide bonds. The fraction of sp³-hybridized carbons (Fsp3) is 0.357. The van der Waals surface area contributed by atoms with Crippen LogP contribution >= 0.6 is 0 Å². The summed E-state index contributed by atoms with van der Waals surface area (Å²) in [5.41, 5.74) is 9.55. The Kier molecular flexibility index (Phi) is 3.29. The summed E-state index contributed by atoms with van der Waals surface area (Å²) in [6.45, 7) is 6.16. The lowest BCUT2D eigenvalue weighted by atomic mass is 10.0. The summed E-state index contributed by atoms with van der Waals surface area (Å²) in [6, 6.07) is 6.69. The number of aryl methyl sites for hydroxylation is 2. The molecule has 2 aromatic rings. The van der Waals surface area contributed by atoms with Crippen molar-refractivity contribution in [1.29, 1.82) is 0 Å². The first kappa shape index (κ1) is 11.9. The Balaban J connectivity index is 2.35. The molecule has 3 heteroatoms. The zero-order valence-corrected chi connectivity index (χ0v) is 10.6. The Bertz CT molecular complexity index is 512. The van der Waals surface area contributed by atoms with E-state index in [-0.39, 0.29) is 6.04 Å². The van der Waals surface area contributed by atoms with Crippen molar-refractivity contribution in [2.75, 3.05) is 0 Å². The molecule has 90 valence electrons. The van der Waals surface area contributed by atoms with E-state index in [1.54, 1.807) is 0 Å². The van der Waals surface area contributed by atoms with Gasteiger partial charge >= 0.3 is 0 Å². The summed E-state index contributed by atoms with van der Waals surface area (Å²) < 4.78 is 2.10. The molecule has 0 fully saturated rings. The van der Waals surface area contributed by atoms with Gasteiger partial charge in [-0.15, -0.1) is 0 Å². The quantitative estimate of drug-likeness (QED) is 0.878. The monoisotopic (exact) mass is 229 g/mol. The molecule has 0 aliphatic heterocycles. The van der Waals surface area contributed by atoms with Gasteiger partial charge in [-0.25, -0.2) is 4.98 Å². The van der Waals surface area contributed by atoms with Gasteiger partial charge in [-0.3, -0.25) is 0 Å². The maximum atomic E-state index is 5.82. The van der Waals surface area contributed by atoms with Gasteiger partial charge in [0.2, 0.25) is 0 Å². The normalized spacial score (nSPS) is 12.7. The number of aromatic nitrogens is 2. The van der Waals surface area contributed by atoms with Crippen molar-refractivity contribution in [1.82, 2.24) is 9.55 Å². The summed E-state index contributed by atoms with van der Waals surface area (Å²) in [5, 5.41) is 0. The van der Waals surface area contributed by atoms with Gasteiger partial charge in [0.1, 0.15) is 5.82 Å². The molecule has 3 nitrogen and oxygen atoms in total. The van der Waals surface area contributed by atoms with E-state index in [2.05, 4.69) is 34.7 Å². The van der Waals surface area contributed by atoms with Crippen molar-refractivity contribution in [3.8, 4) is 5.69 Å². The maximum absolute atomic E-state index is 5.82. The van der Waals surface area contributed by atoms with E-state index < -0.39 is 0 Å². The van der Waals surface area contributed by atoms with Gasteiger partial charge < -0.3 is 10.3 Å². The van der Waals surface area contributed by atoms with Crippen molar-refractivity contribution >= 4 is 0 Å². The van der Waals surface area contributed by atoms with Gasteiger partial charge in [0, 0.05) is 24.1 Å². The fourth-order valence-corrected chi connectivity index (χ4v) is 2.12. The van der Waals surface area contributed by atoms with E-state index in [4.69, 9.17) is 5.73 Å². The molecule has 0 aliphatic rings. The number of imidazole rings is 1. The van der Waals surface area contributed by atoms with Crippen LogP contribution in [-0.2, 0) is 6.42 Å². The molecule has 0 bridgehead atoms. The molecule has 1 aromatic carbocycles. The summed E-state index contributed by atoms with van der Waals surface area (Å²) in [5.74, 6) is 1.01. The van der Waals surface area contributed by atoms with Crippen LogP contribution in [0.2, 0.25) is 0 Å². The zero-order valence-electron chi connectivity index (χ0n) is 10.6. The highest BCUT2D eigenvalue weighted by atomic mass is 15.1. The van der Waals surface area contributed by atoms with E-state index in [1.807, 2.05) is 26.2 Å². The van der Waals surface area contributed by atoms with Gasteiger partial charge in [0.05, 0.1) is 0 Å². The van der Waals surface area contributed by atoms with Crippen LogP contribution in [0.25, 0.3) is 5.69 Å². The molecule has 0 radical (unpaired) electrons. The highest BCUT2D eigenvalue weighted by Gasteiger charge is 2.05. The second-order valence-corrected chi connectivity index (χ2v) is 4.65. The third kappa shape index (κ3) is 2.56. The van der Waals surface area contributed by atoms with Crippen LogP contribution in [0.5, 0.6) is 0 Å². The molecule has 2 rings (SSSR count). The first-order chi connectivity index (χ1) is 8.08. The van der Waals surface area contributed by atoms with Gasteiger partial charge in [-0.05, 0) is 44.4 Å². The minimum Gasteiger partial charge on any atom is -0.328 e. The second-order valence-electron chi connectivity index (χ2n) is 4.65. The molecule has 1 aromatic heterocycles. The third-order valence-electron chi connectivity index (χ3n) is 2.90. The Hall–Kier alpha value is -1.61. The third-order valence-corrected chi connectivity index (χ3v) is 2.90. The lowest BCUT2D eigenvalue weighted by Gasteiger charge is -2.12. The van der Waals surface area contributed by atoms with Gasteiger partial charge in [0.15, 0.2) is 0 Å². The summed E-state index contributed by atoms with van der Waals surface area (Å²) in [4.78, 5) is 4.25. The molecular weight excluding hydrogens is 210 g/mol. The molecule has 0 saturated carbocycles. The molecule has 0 spiro atoms. The topological polar surface area (TPSA) is 43.8 Å². The SMILES string of the molecule is Cc1cc(CC(C)N)ccc1-n1ccnc1C. The molecule has 2 N–H and O–H groups in total. The smallest absolute Gasteiger partial charge is 0.110 e. The number of benzene rings is 1. The molecule has 0 saturated heterocycles. The van der Waals surface area contributed by atoms with Gasteiger partial charge in [-0.1, -0.05) is 12.1 Å². The van der Waals surface area contributed by atoms with Crippen LogP contribution in [0.1, 0.15) is 23.9 Å². The van der Waals surface area contributed by atoms with Crippen molar-refractivity contribution in [2.24, 2.45) is 5.73 Å². The van der Waals surface area contributed by atoms with E-state index in [1.165, 1.54) is 16.8 Å². The Morgan fingerprint density at radius 1 is 1.35 bits per heavy atom. The molecule has 17 heavy (non-hydrogen) atoms. The standard InChI is InChI=1S/C14H19N3/c1-10-8-13(9-11(2)15)4-5-14(10)17-7-6-16-12(17)3/h4-8,11H,9,15H2,1-3H3. The molecule has 1 heterocycles. The minimum atomic E-state index is 0.204. The number of hydrogen-bond acceptors (Lipinski definition) is 2. The molecule has 0 aliphatic carbocycles. The lowest BCUT2D eigenvalue weighted by molar-refractivity contribution is 0.737. The van der Waals surface area contributed by atoms with Gasteiger partial charge in [-0.2, -0.15) is 0 Å². The van der Waals surface area contributed by atoms with E-state index in [9.17, 15) is 0 Å². The van der Waals surface area contributed by atoms with Crippen molar-refractivity contribution in [2.45, 2.75) is 33.2 Å². The number of rotatable bonds is 3. The zero-order chi connectivity index (χ0) is 12.4. The predicted octanol–water partition coefficient (Wildman–Crippen LogP) is 2.38. The molecule has 1 atom stereocenters. The fourth-order valence-electron chi connectivity index (χ4n) is 2.12. The first-order valence-corrected chi connectivity index (χ1v) is 5.93. The summed E-state index contributed by atoms with van der Waals surface area (Å²) >= 11 is 0. The van der Waals surface area contributed by atoms with E-state index in [0.717, 1.165) is 12.2 Å². The highest BCUT2D eigenvalue weighted by Crippen LogP contribution is 2.18. The summed E-state index contributed by atoms with van der Waals surface area (Å²) in [6.07, 6.45) is 4.73. The van der Waals surface area contributed by atoms with Gasteiger partial charge in [0.25, 0.3) is 0 Å². The average Bonchev–Trinajstić information content (AvgIpc) is 2.64. The van der Waals surface area contributed by atoms with Crippen LogP contribution in [0.4, 0.5) is 0 Å². The van der Waals surface area contributed by atoms with Crippen LogP contribution < -0.4 is 5.73 Å². The van der Waals surface area contributed by atoms with E-state index in [0.29, 0.717) is 0 Å². The first-order valence-electron chi connectivity index (χ1n) is 5.93. The number of hydrogen-bond donors (Lipinski definition) is 1. The highest BCUT2D eigenvalue weighted by molar-refractivity contribution is 5.43. The minimum absolute atomic E-state index is 0.204. The van der Waals surface area contributed by atoms with E-state index >= 15 is 0 Å². The number of nitrogens with two attached hydrogens (primary N) is 1. The van der Waals surface area contributed by atoms with Crippen LogP contribution in [-0.4, -0.2) is 15.6 Å².